The highest BCUT2D eigenvalue weighted by Crippen LogP contribution is 2.35. The van der Waals surface area contributed by atoms with Crippen LogP contribution in [0, 0.1) is 11.7 Å². The summed E-state index contributed by atoms with van der Waals surface area (Å²) in [5.41, 5.74) is 1.63. The number of anilines is 2. The maximum atomic E-state index is 14.0. The Hall–Kier alpha value is -2.49. The van der Waals surface area contributed by atoms with Gasteiger partial charge in [0.05, 0.1) is 10.6 Å². The summed E-state index contributed by atoms with van der Waals surface area (Å²) in [5.74, 6) is -1.46. The van der Waals surface area contributed by atoms with E-state index in [1.54, 1.807) is 17.0 Å². The summed E-state index contributed by atoms with van der Waals surface area (Å²) in [6, 6.07) is 8.86. The van der Waals surface area contributed by atoms with Gasteiger partial charge in [0.15, 0.2) is 0 Å². The third kappa shape index (κ3) is 4.62. The number of piperidine rings is 1. The Morgan fingerprint density at radius 3 is 2.45 bits per heavy atom. The molecule has 7 nitrogen and oxygen atoms in total. The van der Waals surface area contributed by atoms with Crippen molar-refractivity contribution in [3.05, 3.63) is 52.8 Å². The van der Waals surface area contributed by atoms with Crippen molar-refractivity contribution in [2.75, 3.05) is 23.3 Å². The van der Waals surface area contributed by atoms with Crippen LogP contribution in [0.4, 0.5) is 15.8 Å². The van der Waals surface area contributed by atoms with Gasteiger partial charge in [-0.05, 0) is 68.1 Å². The van der Waals surface area contributed by atoms with E-state index < -0.39 is 21.8 Å². The van der Waals surface area contributed by atoms with Crippen molar-refractivity contribution in [3.8, 4) is 0 Å². The van der Waals surface area contributed by atoms with Crippen LogP contribution in [-0.2, 0) is 26.0 Å². The standard InChI is InChI=1S/C23H25ClFN3O4S/c1-14-11-17-12-19(4-6-22(17)28(14)15(2)29)33(31,32)27-9-7-16(8-10-27)23(30)26-21-5-3-18(24)13-20(21)25/h3-6,12-14,16H,7-11H2,1-2H3,(H,26,30). The largest absolute Gasteiger partial charge is 0.323 e. The van der Waals surface area contributed by atoms with Crippen LogP contribution in [0.3, 0.4) is 0 Å². The third-order valence-corrected chi connectivity index (χ3v) is 8.39. The molecule has 1 N–H and O–H groups in total. The van der Waals surface area contributed by atoms with Crippen LogP contribution < -0.4 is 10.2 Å². The molecule has 1 unspecified atom stereocenters. The molecule has 176 valence electrons. The van der Waals surface area contributed by atoms with E-state index in [-0.39, 0.29) is 46.6 Å². The van der Waals surface area contributed by atoms with E-state index in [4.69, 9.17) is 11.6 Å². The number of rotatable bonds is 4. The van der Waals surface area contributed by atoms with Crippen LogP contribution in [0.2, 0.25) is 5.02 Å². The summed E-state index contributed by atoms with van der Waals surface area (Å²) in [7, 11) is -3.73. The fraction of sp³-hybridized carbons (Fsp3) is 0.391. The lowest BCUT2D eigenvalue weighted by Gasteiger charge is -2.30. The van der Waals surface area contributed by atoms with Gasteiger partial charge in [-0.1, -0.05) is 11.6 Å². The molecule has 2 amide bonds. The molecule has 1 atom stereocenters. The quantitative estimate of drug-likeness (QED) is 0.701. The zero-order valence-electron chi connectivity index (χ0n) is 18.3. The van der Waals surface area contributed by atoms with Gasteiger partial charge in [-0.2, -0.15) is 4.31 Å². The fourth-order valence-corrected chi connectivity index (χ4v) is 6.26. The average Bonchev–Trinajstić information content (AvgIpc) is 3.10. The van der Waals surface area contributed by atoms with Crippen molar-refractivity contribution in [2.45, 2.75) is 44.0 Å². The van der Waals surface area contributed by atoms with Crippen LogP contribution >= 0.6 is 11.6 Å². The maximum absolute atomic E-state index is 14.0. The third-order valence-electron chi connectivity index (χ3n) is 6.26. The van der Waals surface area contributed by atoms with E-state index in [2.05, 4.69) is 5.32 Å². The molecular formula is C23H25ClFN3O4S. The van der Waals surface area contributed by atoms with Gasteiger partial charge in [-0.15, -0.1) is 0 Å². The number of nitrogens with one attached hydrogen (secondary N) is 1. The number of amides is 2. The lowest BCUT2D eigenvalue weighted by molar-refractivity contribution is -0.121. The van der Waals surface area contributed by atoms with Gasteiger partial charge >= 0.3 is 0 Å². The van der Waals surface area contributed by atoms with Gasteiger partial charge < -0.3 is 10.2 Å². The molecular weight excluding hydrogens is 469 g/mol. The summed E-state index contributed by atoms with van der Waals surface area (Å²) in [4.78, 5) is 26.4. The number of carbonyl (C=O) groups excluding carboxylic acids is 2. The maximum Gasteiger partial charge on any atom is 0.243 e. The van der Waals surface area contributed by atoms with Crippen LogP contribution in [0.25, 0.3) is 0 Å². The number of hydrogen-bond donors (Lipinski definition) is 1. The van der Waals surface area contributed by atoms with Crippen LogP contribution in [-0.4, -0.2) is 43.7 Å². The lowest BCUT2D eigenvalue weighted by atomic mass is 9.97. The van der Waals surface area contributed by atoms with E-state index in [1.807, 2.05) is 6.92 Å². The molecule has 2 aromatic rings. The SMILES string of the molecule is CC(=O)N1c2ccc(S(=O)(=O)N3CCC(C(=O)Nc4ccc(Cl)cc4F)CC3)cc2CC1C. The molecule has 2 aliphatic rings. The van der Waals surface area contributed by atoms with Crippen LogP contribution in [0.1, 0.15) is 32.3 Å². The molecule has 1 saturated heterocycles. The minimum Gasteiger partial charge on any atom is -0.323 e. The van der Waals surface area contributed by atoms with E-state index in [1.165, 1.54) is 29.4 Å². The van der Waals surface area contributed by atoms with Gasteiger partial charge in [-0.25, -0.2) is 12.8 Å². The van der Waals surface area contributed by atoms with Crippen LogP contribution in [0.15, 0.2) is 41.3 Å². The second-order valence-electron chi connectivity index (χ2n) is 8.52. The fourth-order valence-electron chi connectivity index (χ4n) is 4.58. The van der Waals surface area contributed by atoms with Gasteiger partial charge in [0.2, 0.25) is 21.8 Å². The zero-order valence-corrected chi connectivity index (χ0v) is 19.9. The first-order chi connectivity index (χ1) is 15.6. The molecule has 2 aliphatic heterocycles. The minimum absolute atomic E-state index is 0.0183. The minimum atomic E-state index is -3.73. The Labute approximate surface area is 197 Å². The Morgan fingerprint density at radius 1 is 1.12 bits per heavy atom. The molecule has 2 aromatic carbocycles. The van der Waals surface area contributed by atoms with Gasteiger partial charge in [0, 0.05) is 42.7 Å². The number of nitrogens with zero attached hydrogens (tertiary/aromatic N) is 2. The Bertz CT molecular complexity index is 1210. The highest BCUT2D eigenvalue weighted by molar-refractivity contribution is 7.89. The van der Waals surface area contributed by atoms with Gasteiger partial charge in [0.25, 0.3) is 0 Å². The van der Waals surface area contributed by atoms with E-state index >= 15 is 0 Å². The molecule has 0 bridgehead atoms. The van der Waals surface area contributed by atoms with Crippen LogP contribution in [0.5, 0.6) is 0 Å². The molecule has 2 heterocycles. The summed E-state index contributed by atoms with van der Waals surface area (Å²) in [6.45, 7) is 3.81. The first kappa shape index (κ1) is 23.7. The van der Waals surface area contributed by atoms with Gasteiger partial charge in [0.1, 0.15) is 5.82 Å². The predicted molar refractivity (Wildman–Crippen MR) is 124 cm³/mol. The highest BCUT2D eigenvalue weighted by atomic mass is 35.5. The molecule has 0 aromatic heterocycles. The second kappa shape index (κ2) is 9.04. The molecule has 0 saturated carbocycles. The Morgan fingerprint density at radius 2 is 1.82 bits per heavy atom. The van der Waals surface area contributed by atoms with Crippen molar-refractivity contribution in [3.63, 3.8) is 0 Å². The van der Waals surface area contributed by atoms with E-state index in [0.29, 0.717) is 19.3 Å². The van der Waals surface area contributed by atoms with Crippen molar-refractivity contribution >= 4 is 44.8 Å². The summed E-state index contributed by atoms with van der Waals surface area (Å²) in [6.07, 6.45) is 1.27. The van der Waals surface area contributed by atoms with Crippen molar-refractivity contribution in [1.29, 1.82) is 0 Å². The molecule has 0 radical (unpaired) electrons. The second-order valence-corrected chi connectivity index (χ2v) is 10.9. The van der Waals surface area contributed by atoms with Crippen molar-refractivity contribution in [1.82, 2.24) is 4.31 Å². The van der Waals surface area contributed by atoms with E-state index in [9.17, 15) is 22.4 Å². The first-order valence-electron chi connectivity index (χ1n) is 10.8. The number of carbonyl (C=O) groups is 2. The van der Waals surface area contributed by atoms with Crippen molar-refractivity contribution < 1.29 is 22.4 Å². The summed E-state index contributed by atoms with van der Waals surface area (Å²) in [5, 5.41) is 2.80. The van der Waals surface area contributed by atoms with Crippen molar-refractivity contribution in [2.24, 2.45) is 5.92 Å². The number of sulfonamides is 1. The molecule has 0 spiro atoms. The van der Waals surface area contributed by atoms with Gasteiger partial charge in [-0.3, -0.25) is 9.59 Å². The number of hydrogen-bond acceptors (Lipinski definition) is 4. The zero-order chi connectivity index (χ0) is 23.9. The molecule has 4 rings (SSSR count). The Kier molecular flexibility index (Phi) is 6.48. The normalized spacial score (nSPS) is 19.4. The number of fused-ring (bicyclic) bond motifs is 1. The molecule has 10 heteroatoms. The number of halogens is 2. The first-order valence-corrected chi connectivity index (χ1v) is 12.6. The highest BCUT2D eigenvalue weighted by Gasteiger charge is 2.34. The summed E-state index contributed by atoms with van der Waals surface area (Å²) >= 11 is 5.74. The Balaban J connectivity index is 1.43. The molecule has 0 aliphatic carbocycles. The smallest absolute Gasteiger partial charge is 0.243 e. The topological polar surface area (TPSA) is 86.8 Å². The average molecular weight is 494 g/mol. The lowest BCUT2D eigenvalue weighted by Crippen LogP contribution is -2.41. The van der Waals surface area contributed by atoms with E-state index in [0.717, 1.165) is 17.3 Å². The molecule has 1 fully saturated rings. The number of benzene rings is 2. The summed E-state index contributed by atoms with van der Waals surface area (Å²) < 4.78 is 41.8. The monoisotopic (exact) mass is 493 g/mol. The predicted octanol–water partition coefficient (Wildman–Crippen LogP) is 3.82. The molecule has 33 heavy (non-hydrogen) atoms.